The van der Waals surface area contributed by atoms with Gasteiger partial charge in [-0.25, -0.2) is 22.3 Å². The Morgan fingerprint density at radius 1 is 1.29 bits per heavy atom. The van der Waals surface area contributed by atoms with Gasteiger partial charge in [0.25, 0.3) is 0 Å². The Balaban J connectivity index is 1.81. The zero-order valence-electron chi connectivity index (χ0n) is 16.0. The minimum absolute atomic E-state index is 0.000959. The third-order valence-corrected chi connectivity index (χ3v) is 5.89. The Morgan fingerprint density at radius 3 is 2.57 bits per heavy atom. The summed E-state index contributed by atoms with van der Waals surface area (Å²) in [6.45, 7) is 3.60. The van der Waals surface area contributed by atoms with Crippen molar-refractivity contribution in [2.75, 3.05) is 13.2 Å². The van der Waals surface area contributed by atoms with Crippen molar-refractivity contribution >= 4 is 16.1 Å². The molecule has 3 atom stereocenters. The third-order valence-electron chi connectivity index (χ3n) is 4.41. The van der Waals surface area contributed by atoms with Gasteiger partial charge in [-0.05, 0) is 57.4 Å². The number of aliphatic hydroxyl groups excluding tert-OH is 1. The number of hydrogen-bond acceptors (Lipinski definition) is 5. The standard InChI is InChI=1S/C18H28FN3O5S/c1-12(2)21-18(24)22-16-8-5-14(27-17(16)11-23)9-10-20-28(25,26)15-6-3-13(19)4-7-15/h3-4,6-7,12,14,16-17,20,23H,5,8-11H2,1-2H3,(H2,21,22,24)/t14-,16-,17+/m0/s1. The zero-order valence-corrected chi connectivity index (χ0v) is 16.8. The minimum Gasteiger partial charge on any atom is -0.394 e. The van der Waals surface area contributed by atoms with Crippen molar-refractivity contribution in [3.63, 3.8) is 0 Å². The maximum Gasteiger partial charge on any atom is 0.315 e. The van der Waals surface area contributed by atoms with Crippen LogP contribution in [0.25, 0.3) is 0 Å². The molecule has 8 nitrogen and oxygen atoms in total. The second-order valence-electron chi connectivity index (χ2n) is 7.08. The Hall–Kier alpha value is -1.75. The molecule has 0 bridgehead atoms. The van der Waals surface area contributed by atoms with Gasteiger partial charge in [0.05, 0.1) is 23.6 Å². The molecule has 0 radical (unpaired) electrons. The largest absolute Gasteiger partial charge is 0.394 e. The number of hydrogen-bond donors (Lipinski definition) is 4. The fourth-order valence-electron chi connectivity index (χ4n) is 3.03. The van der Waals surface area contributed by atoms with Gasteiger partial charge in [-0.1, -0.05) is 0 Å². The van der Waals surface area contributed by atoms with Crippen LogP contribution in [-0.2, 0) is 14.8 Å². The summed E-state index contributed by atoms with van der Waals surface area (Å²) in [5.41, 5.74) is 0. The van der Waals surface area contributed by atoms with Crippen molar-refractivity contribution in [2.45, 2.75) is 62.3 Å². The number of carbonyl (C=O) groups excluding carboxylic acids is 1. The number of nitrogens with one attached hydrogen (secondary N) is 3. The Morgan fingerprint density at radius 2 is 1.96 bits per heavy atom. The smallest absolute Gasteiger partial charge is 0.315 e. The molecule has 1 aliphatic rings. The molecule has 1 aromatic rings. The van der Waals surface area contributed by atoms with E-state index in [0.29, 0.717) is 19.3 Å². The lowest BCUT2D eigenvalue weighted by molar-refractivity contribution is -0.0886. The molecule has 1 saturated heterocycles. The molecule has 0 unspecified atom stereocenters. The van der Waals surface area contributed by atoms with Crippen LogP contribution >= 0.6 is 0 Å². The van der Waals surface area contributed by atoms with Crippen LogP contribution in [0.1, 0.15) is 33.1 Å². The predicted octanol–water partition coefficient (Wildman–Crippen LogP) is 1.11. The molecule has 0 aromatic heterocycles. The first-order chi connectivity index (χ1) is 13.2. The Bertz CT molecular complexity index is 742. The quantitative estimate of drug-likeness (QED) is 0.506. The molecule has 1 heterocycles. The van der Waals surface area contributed by atoms with Crippen LogP contribution < -0.4 is 15.4 Å². The number of ether oxygens (including phenoxy) is 1. The molecule has 1 fully saturated rings. The summed E-state index contributed by atoms with van der Waals surface area (Å²) in [6.07, 6.45) is 0.875. The average Bonchev–Trinajstić information content (AvgIpc) is 2.62. The second-order valence-corrected chi connectivity index (χ2v) is 8.84. The van der Waals surface area contributed by atoms with Crippen LogP contribution in [0.4, 0.5) is 9.18 Å². The van der Waals surface area contributed by atoms with Crippen molar-refractivity contribution in [3.05, 3.63) is 30.1 Å². The molecule has 4 N–H and O–H groups in total. The van der Waals surface area contributed by atoms with Gasteiger partial charge in [0, 0.05) is 12.6 Å². The second kappa shape index (κ2) is 10.1. The number of aliphatic hydroxyl groups is 1. The van der Waals surface area contributed by atoms with Gasteiger partial charge in [-0.15, -0.1) is 0 Å². The number of urea groups is 1. The number of sulfonamides is 1. The highest BCUT2D eigenvalue weighted by molar-refractivity contribution is 7.89. The highest BCUT2D eigenvalue weighted by Crippen LogP contribution is 2.22. The van der Waals surface area contributed by atoms with E-state index in [9.17, 15) is 22.7 Å². The van der Waals surface area contributed by atoms with E-state index >= 15 is 0 Å². The molecule has 2 rings (SSSR count). The highest BCUT2D eigenvalue weighted by Gasteiger charge is 2.32. The Labute approximate surface area is 164 Å². The highest BCUT2D eigenvalue weighted by atomic mass is 32.2. The average molecular weight is 418 g/mol. The SMILES string of the molecule is CC(C)NC(=O)N[C@H]1CC[C@@H](CCNS(=O)(=O)c2ccc(F)cc2)O[C@@H]1CO. The first-order valence-corrected chi connectivity index (χ1v) is 10.8. The lowest BCUT2D eigenvalue weighted by Gasteiger charge is -2.36. The molecular formula is C18H28FN3O5S. The van der Waals surface area contributed by atoms with Gasteiger partial charge in [0.15, 0.2) is 0 Å². The van der Waals surface area contributed by atoms with E-state index in [1.165, 1.54) is 12.1 Å². The van der Waals surface area contributed by atoms with Gasteiger partial charge >= 0.3 is 6.03 Å². The number of rotatable bonds is 8. The molecule has 10 heteroatoms. The monoisotopic (exact) mass is 417 g/mol. The van der Waals surface area contributed by atoms with Gasteiger partial charge in [-0.2, -0.15) is 0 Å². The maximum atomic E-state index is 12.9. The van der Waals surface area contributed by atoms with Crippen LogP contribution in [0, 0.1) is 5.82 Å². The van der Waals surface area contributed by atoms with Crippen molar-refractivity contribution in [3.8, 4) is 0 Å². The normalized spacial score (nSPS) is 22.8. The number of amides is 2. The summed E-state index contributed by atoms with van der Waals surface area (Å²) >= 11 is 0. The van der Waals surface area contributed by atoms with E-state index in [4.69, 9.17) is 4.74 Å². The van der Waals surface area contributed by atoms with Crippen LogP contribution in [0.3, 0.4) is 0 Å². The zero-order chi connectivity index (χ0) is 20.7. The van der Waals surface area contributed by atoms with E-state index in [1.54, 1.807) is 0 Å². The van der Waals surface area contributed by atoms with E-state index in [-0.39, 0.29) is 42.3 Å². The van der Waals surface area contributed by atoms with Crippen LogP contribution in [0.2, 0.25) is 0 Å². The molecule has 1 aliphatic heterocycles. The van der Waals surface area contributed by atoms with Gasteiger partial charge in [-0.3, -0.25) is 0 Å². The van der Waals surface area contributed by atoms with E-state index in [0.717, 1.165) is 12.1 Å². The minimum atomic E-state index is -3.72. The third kappa shape index (κ3) is 6.69. The molecule has 0 saturated carbocycles. The fraction of sp³-hybridized carbons (Fsp3) is 0.611. The molecule has 158 valence electrons. The van der Waals surface area contributed by atoms with Crippen molar-refractivity contribution in [2.24, 2.45) is 0 Å². The predicted molar refractivity (Wildman–Crippen MR) is 102 cm³/mol. The summed E-state index contributed by atoms with van der Waals surface area (Å²) < 4.78 is 45.6. The van der Waals surface area contributed by atoms with Gasteiger partial charge in [0.2, 0.25) is 10.0 Å². The van der Waals surface area contributed by atoms with E-state index < -0.39 is 21.9 Å². The molecule has 0 aliphatic carbocycles. The summed E-state index contributed by atoms with van der Waals surface area (Å²) in [7, 11) is -3.72. The van der Waals surface area contributed by atoms with Gasteiger partial charge < -0.3 is 20.5 Å². The molecule has 28 heavy (non-hydrogen) atoms. The molecule has 2 amide bonds. The maximum absolute atomic E-state index is 12.9. The summed E-state index contributed by atoms with van der Waals surface area (Å²) in [5, 5.41) is 15.1. The van der Waals surface area contributed by atoms with Crippen LogP contribution in [-0.4, -0.2) is 57.0 Å². The molecular weight excluding hydrogens is 389 g/mol. The lowest BCUT2D eigenvalue weighted by atomic mass is 9.97. The Kier molecular flexibility index (Phi) is 8.17. The number of benzene rings is 1. The number of carbonyl (C=O) groups is 1. The summed E-state index contributed by atoms with van der Waals surface area (Å²) in [4.78, 5) is 11.8. The first-order valence-electron chi connectivity index (χ1n) is 9.30. The first kappa shape index (κ1) is 22.5. The number of halogens is 1. The lowest BCUT2D eigenvalue weighted by Crippen LogP contribution is -2.54. The van der Waals surface area contributed by atoms with Crippen molar-refractivity contribution in [1.29, 1.82) is 0 Å². The van der Waals surface area contributed by atoms with Crippen LogP contribution in [0.15, 0.2) is 29.2 Å². The van der Waals surface area contributed by atoms with E-state index in [2.05, 4.69) is 15.4 Å². The topological polar surface area (TPSA) is 117 Å². The fourth-order valence-corrected chi connectivity index (χ4v) is 4.08. The summed E-state index contributed by atoms with van der Waals surface area (Å²) in [5.74, 6) is -0.505. The van der Waals surface area contributed by atoms with Crippen LogP contribution in [0.5, 0.6) is 0 Å². The summed E-state index contributed by atoms with van der Waals surface area (Å²) in [6, 6.07) is 3.97. The molecule has 0 spiro atoms. The van der Waals surface area contributed by atoms with Gasteiger partial charge in [0.1, 0.15) is 11.9 Å². The van der Waals surface area contributed by atoms with Crippen molar-refractivity contribution in [1.82, 2.24) is 15.4 Å². The molecule has 1 aromatic carbocycles. The van der Waals surface area contributed by atoms with Crippen molar-refractivity contribution < 1.29 is 27.4 Å². The van der Waals surface area contributed by atoms with E-state index in [1.807, 2.05) is 13.8 Å².